The molecule has 0 fully saturated rings. The van der Waals surface area contributed by atoms with Crippen LogP contribution in [-0.2, 0) is 11.8 Å². The SMILES string of the molecule is CC(C)(C)c1ccc(CCOc2ncnc3cc([18F])ccc23)cc1. The molecule has 0 N–H and O–H groups in total. The monoisotopic (exact) mass is 323 g/mol. The first kappa shape index (κ1) is 16.4. The van der Waals surface area contributed by atoms with E-state index in [-0.39, 0.29) is 11.2 Å². The van der Waals surface area contributed by atoms with Gasteiger partial charge in [-0.05, 0) is 28.7 Å². The van der Waals surface area contributed by atoms with Crippen molar-refractivity contribution in [1.82, 2.24) is 9.97 Å². The summed E-state index contributed by atoms with van der Waals surface area (Å²) in [5.41, 5.74) is 3.24. The van der Waals surface area contributed by atoms with Gasteiger partial charge < -0.3 is 4.74 Å². The van der Waals surface area contributed by atoms with Gasteiger partial charge in [0.25, 0.3) is 0 Å². The average molecular weight is 323 g/mol. The van der Waals surface area contributed by atoms with Crippen LogP contribution in [0.1, 0.15) is 31.9 Å². The van der Waals surface area contributed by atoms with E-state index in [9.17, 15) is 4.39 Å². The van der Waals surface area contributed by atoms with E-state index in [1.165, 1.54) is 29.6 Å². The Hall–Kier alpha value is -2.49. The molecule has 0 atom stereocenters. The molecule has 0 bridgehead atoms. The van der Waals surface area contributed by atoms with Crippen molar-refractivity contribution in [3.05, 3.63) is 65.7 Å². The maximum absolute atomic E-state index is 13.3. The molecule has 3 nitrogen and oxygen atoms in total. The van der Waals surface area contributed by atoms with E-state index >= 15 is 0 Å². The molecule has 0 radical (unpaired) electrons. The maximum Gasteiger partial charge on any atom is 0.224 e. The summed E-state index contributed by atoms with van der Waals surface area (Å²) in [5.74, 6) is 0.178. The molecular weight excluding hydrogens is 302 g/mol. The van der Waals surface area contributed by atoms with Crippen LogP contribution in [0.25, 0.3) is 10.9 Å². The van der Waals surface area contributed by atoms with Crippen molar-refractivity contribution in [2.24, 2.45) is 0 Å². The zero-order valence-corrected chi connectivity index (χ0v) is 14.2. The Labute approximate surface area is 141 Å². The summed E-state index contributed by atoms with van der Waals surface area (Å²) in [4.78, 5) is 8.23. The standard InChI is InChI=1S/C20H21FN2O/c1-20(2,3)15-6-4-14(5-7-15)10-11-24-19-17-9-8-16(21)12-18(17)22-13-23-19/h4-9,12-13H,10-11H2,1-3H3/i21-1. The fraction of sp³-hybridized carbons (Fsp3) is 0.300. The fourth-order valence-electron chi connectivity index (χ4n) is 2.56. The van der Waals surface area contributed by atoms with Crippen molar-refractivity contribution >= 4 is 10.9 Å². The summed E-state index contributed by atoms with van der Waals surface area (Å²) in [6.45, 7) is 7.12. The van der Waals surface area contributed by atoms with E-state index in [1.807, 2.05) is 0 Å². The van der Waals surface area contributed by atoms with Crippen molar-refractivity contribution in [2.45, 2.75) is 32.6 Å². The van der Waals surface area contributed by atoms with Gasteiger partial charge in [-0.2, -0.15) is 0 Å². The van der Waals surface area contributed by atoms with Crippen LogP contribution in [0.2, 0.25) is 0 Å². The van der Waals surface area contributed by atoms with Gasteiger partial charge in [0.1, 0.15) is 12.1 Å². The van der Waals surface area contributed by atoms with E-state index in [2.05, 4.69) is 55.0 Å². The molecule has 124 valence electrons. The first-order chi connectivity index (χ1) is 11.4. The quantitative estimate of drug-likeness (QED) is 0.699. The lowest BCUT2D eigenvalue weighted by Gasteiger charge is -2.19. The molecule has 0 aliphatic heterocycles. The van der Waals surface area contributed by atoms with Gasteiger partial charge in [-0.25, -0.2) is 14.4 Å². The average Bonchev–Trinajstić information content (AvgIpc) is 2.54. The first-order valence-electron chi connectivity index (χ1n) is 8.06. The third-order valence-electron chi connectivity index (χ3n) is 4.01. The molecule has 3 rings (SSSR count). The lowest BCUT2D eigenvalue weighted by atomic mass is 9.86. The van der Waals surface area contributed by atoms with Gasteiger partial charge in [0.05, 0.1) is 17.5 Å². The number of hydrogen-bond acceptors (Lipinski definition) is 3. The van der Waals surface area contributed by atoms with Gasteiger partial charge >= 0.3 is 0 Å². The molecular formula is C20H21FN2O. The van der Waals surface area contributed by atoms with E-state index in [0.29, 0.717) is 18.0 Å². The van der Waals surface area contributed by atoms with Crippen molar-refractivity contribution in [3.8, 4) is 5.88 Å². The molecule has 0 amide bonds. The summed E-state index contributed by atoms with van der Waals surface area (Å²) < 4.78 is 19.0. The second-order valence-electron chi connectivity index (χ2n) is 6.89. The molecule has 0 aliphatic carbocycles. The highest BCUT2D eigenvalue weighted by molar-refractivity contribution is 5.83. The molecule has 2 aromatic carbocycles. The number of aromatic nitrogens is 2. The number of fused-ring (bicyclic) bond motifs is 1. The summed E-state index contributed by atoms with van der Waals surface area (Å²) >= 11 is 0. The van der Waals surface area contributed by atoms with Crippen LogP contribution in [0, 0.1) is 5.82 Å². The van der Waals surface area contributed by atoms with Crippen molar-refractivity contribution in [1.29, 1.82) is 0 Å². The summed E-state index contributed by atoms with van der Waals surface area (Å²) in [6.07, 6.45) is 2.19. The Balaban J connectivity index is 1.67. The third-order valence-corrected chi connectivity index (χ3v) is 4.01. The lowest BCUT2D eigenvalue weighted by molar-refractivity contribution is 0.313. The zero-order chi connectivity index (χ0) is 17.2. The highest BCUT2D eigenvalue weighted by Crippen LogP contribution is 2.23. The van der Waals surface area contributed by atoms with E-state index in [4.69, 9.17) is 4.74 Å². The maximum atomic E-state index is 13.3. The molecule has 0 unspecified atom stereocenters. The molecule has 3 aromatic rings. The highest BCUT2D eigenvalue weighted by Gasteiger charge is 2.12. The van der Waals surface area contributed by atoms with Gasteiger partial charge in [0, 0.05) is 12.5 Å². The Morgan fingerprint density at radius 1 is 1.00 bits per heavy atom. The van der Waals surface area contributed by atoms with Gasteiger partial charge in [0.15, 0.2) is 0 Å². The molecule has 0 aliphatic rings. The Morgan fingerprint density at radius 3 is 2.46 bits per heavy atom. The highest BCUT2D eigenvalue weighted by atomic mass is 18.2. The van der Waals surface area contributed by atoms with Crippen LogP contribution in [0.5, 0.6) is 5.88 Å². The molecule has 1 aromatic heterocycles. The zero-order valence-electron chi connectivity index (χ0n) is 14.2. The topological polar surface area (TPSA) is 35.0 Å². The van der Waals surface area contributed by atoms with Crippen LogP contribution >= 0.6 is 0 Å². The number of halogens is 1. The Kier molecular flexibility index (Phi) is 4.47. The van der Waals surface area contributed by atoms with Crippen LogP contribution in [-0.4, -0.2) is 16.6 Å². The molecule has 24 heavy (non-hydrogen) atoms. The minimum Gasteiger partial charge on any atom is -0.477 e. The summed E-state index contributed by atoms with van der Waals surface area (Å²) in [5, 5.41) is 0.724. The predicted octanol–water partition coefficient (Wildman–Crippen LogP) is 4.69. The van der Waals surface area contributed by atoms with Crippen molar-refractivity contribution in [3.63, 3.8) is 0 Å². The van der Waals surface area contributed by atoms with Crippen LogP contribution in [0.3, 0.4) is 0 Å². The second kappa shape index (κ2) is 6.56. The minimum absolute atomic E-state index is 0.157. The second-order valence-corrected chi connectivity index (χ2v) is 6.89. The largest absolute Gasteiger partial charge is 0.477 e. The number of hydrogen-bond donors (Lipinski definition) is 0. The fourth-order valence-corrected chi connectivity index (χ4v) is 2.56. The number of nitrogens with zero attached hydrogens (tertiary/aromatic N) is 2. The summed E-state index contributed by atoms with van der Waals surface area (Å²) in [6, 6.07) is 13.0. The summed E-state index contributed by atoms with van der Waals surface area (Å²) in [7, 11) is 0. The van der Waals surface area contributed by atoms with Gasteiger partial charge in [0.2, 0.25) is 5.88 Å². The number of ether oxygens (including phenoxy) is 1. The van der Waals surface area contributed by atoms with Crippen LogP contribution < -0.4 is 4.74 Å². The van der Waals surface area contributed by atoms with Crippen molar-refractivity contribution < 1.29 is 9.13 Å². The van der Waals surface area contributed by atoms with E-state index < -0.39 is 0 Å². The normalized spacial score (nSPS) is 11.7. The molecule has 1 heterocycles. The Morgan fingerprint density at radius 2 is 1.75 bits per heavy atom. The lowest BCUT2D eigenvalue weighted by Crippen LogP contribution is -2.11. The smallest absolute Gasteiger partial charge is 0.224 e. The van der Waals surface area contributed by atoms with Gasteiger partial charge in [-0.1, -0.05) is 45.0 Å². The Bertz CT molecular complexity index is 838. The van der Waals surface area contributed by atoms with E-state index in [1.54, 1.807) is 6.07 Å². The van der Waals surface area contributed by atoms with E-state index in [0.717, 1.165) is 11.8 Å². The molecule has 0 spiro atoms. The number of rotatable bonds is 4. The molecule has 0 saturated carbocycles. The predicted molar refractivity (Wildman–Crippen MR) is 93.8 cm³/mol. The first-order valence-corrected chi connectivity index (χ1v) is 8.06. The van der Waals surface area contributed by atoms with Crippen LogP contribution in [0.15, 0.2) is 48.8 Å². The third kappa shape index (κ3) is 3.70. The molecule has 0 saturated heterocycles. The number of benzene rings is 2. The minimum atomic E-state index is -0.314. The molecule has 4 heteroatoms. The van der Waals surface area contributed by atoms with Gasteiger partial charge in [-0.15, -0.1) is 0 Å². The van der Waals surface area contributed by atoms with Crippen LogP contribution in [0.4, 0.5) is 4.39 Å². The van der Waals surface area contributed by atoms with Crippen molar-refractivity contribution in [2.75, 3.05) is 6.61 Å². The van der Waals surface area contributed by atoms with Gasteiger partial charge in [-0.3, -0.25) is 0 Å².